The summed E-state index contributed by atoms with van der Waals surface area (Å²) in [6.45, 7) is 5.23. The summed E-state index contributed by atoms with van der Waals surface area (Å²) >= 11 is 1.17. The predicted molar refractivity (Wildman–Crippen MR) is 76.5 cm³/mol. The van der Waals surface area contributed by atoms with Gasteiger partial charge >= 0.3 is 5.97 Å². The van der Waals surface area contributed by atoms with Crippen molar-refractivity contribution in [3.63, 3.8) is 0 Å². The molecule has 1 saturated heterocycles. The van der Waals surface area contributed by atoms with Crippen LogP contribution in [0.1, 0.15) is 23.5 Å². The number of carboxylic acids is 1. The molecule has 1 aliphatic rings. The Kier molecular flexibility index (Phi) is 4.61. The fourth-order valence-electron chi connectivity index (χ4n) is 2.10. The number of ether oxygens (including phenoxy) is 1. The van der Waals surface area contributed by atoms with E-state index in [9.17, 15) is 9.59 Å². The fraction of sp³-hybridized carbons (Fsp3) is 0.538. The molecule has 0 spiro atoms. The second kappa shape index (κ2) is 6.23. The molecule has 0 aliphatic carbocycles. The van der Waals surface area contributed by atoms with Crippen LogP contribution in [-0.2, 0) is 9.53 Å². The number of carbonyl (C=O) groups excluding carboxylic acids is 1. The molecule has 2 heterocycles. The van der Waals surface area contributed by atoms with Crippen LogP contribution >= 0.6 is 11.3 Å². The van der Waals surface area contributed by atoms with Crippen LogP contribution in [0.3, 0.4) is 0 Å². The van der Waals surface area contributed by atoms with Gasteiger partial charge in [0.05, 0.1) is 13.2 Å². The largest absolute Gasteiger partial charge is 0.477 e. The van der Waals surface area contributed by atoms with E-state index in [1.54, 1.807) is 11.4 Å². The van der Waals surface area contributed by atoms with Gasteiger partial charge in [-0.15, -0.1) is 11.3 Å². The lowest BCUT2D eigenvalue weighted by Gasteiger charge is -2.36. The number of amides is 1. The molecule has 1 aromatic heterocycles. The van der Waals surface area contributed by atoms with Crippen molar-refractivity contribution >= 4 is 28.9 Å². The van der Waals surface area contributed by atoms with Crippen LogP contribution in [0.15, 0.2) is 11.4 Å². The Bertz CT molecular complexity index is 500. The summed E-state index contributed by atoms with van der Waals surface area (Å²) in [5, 5.41) is 13.6. The van der Waals surface area contributed by atoms with Crippen molar-refractivity contribution in [3.8, 4) is 0 Å². The molecule has 0 bridgehead atoms. The topological polar surface area (TPSA) is 78.9 Å². The molecule has 0 saturated carbocycles. The van der Waals surface area contributed by atoms with Gasteiger partial charge in [0.25, 0.3) is 0 Å². The van der Waals surface area contributed by atoms with Gasteiger partial charge in [0.2, 0.25) is 5.91 Å². The number of aromatic carboxylic acids is 1. The van der Waals surface area contributed by atoms with Crippen molar-refractivity contribution in [3.05, 3.63) is 16.3 Å². The minimum atomic E-state index is -0.947. The van der Waals surface area contributed by atoms with Gasteiger partial charge in [-0.1, -0.05) is 0 Å². The van der Waals surface area contributed by atoms with E-state index in [0.29, 0.717) is 19.8 Å². The lowest BCUT2D eigenvalue weighted by Crippen LogP contribution is -2.55. The Morgan fingerprint density at radius 1 is 1.55 bits per heavy atom. The molecule has 1 unspecified atom stereocenters. The molecular weight excluding hydrogens is 280 g/mol. The third-order valence-electron chi connectivity index (χ3n) is 2.99. The van der Waals surface area contributed by atoms with Gasteiger partial charge in [-0.25, -0.2) is 4.79 Å². The summed E-state index contributed by atoms with van der Waals surface area (Å²) in [5.41, 5.74) is 0.764. The van der Waals surface area contributed by atoms with Crippen molar-refractivity contribution in [2.45, 2.75) is 25.9 Å². The molecular formula is C13H18N2O4S. The Morgan fingerprint density at radius 2 is 2.30 bits per heavy atom. The van der Waals surface area contributed by atoms with Crippen LogP contribution in [0, 0.1) is 0 Å². The first kappa shape index (κ1) is 14.8. The molecule has 2 rings (SSSR count). The van der Waals surface area contributed by atoms with Gasteiger partial charge in [0, 0.05) is 23.7 Å². The molecule has 1 atom stereocenters. The van der Waals surface area contributed by atoms with Gasteiger partial charge in [0.15, 0.2) is 0 Å². The van der Waals surface area contributed by atoms with Crippen molar-refractivity contribution in [1.29, 1.82) is 0 Å². The number of hydrogen-bond donors (Lipinski definition) is 2. The highest BCUT2D eigenvalue weighted by atomic mass is 32.1. The highest BCUT2D eigenvalue weighted by Crippen LogP contribution is 2.26. The Balaban J connectivity index is 2.17. The average molecular weight is 298 g/mol. The molecule has 1 fully saturated rings. The quantitative estimate of drug-likeness (QED) is 0.872. The first-order valence-electron chi connectivity index (χ1n) is 6.45. The molecule has 6 nitrogen and oxygen atoms in total. The van der Waals surface area contributed by atoms with Gasteiger partial charge in [-0.3, -0.25) is 4.79 Å². The SMILES string of the molecule is CC(C)NC(=O)C1COCCN1c1csc(C(=O)O)c1. The molecule has 1 aromatic rings. The lowest BCUT2D eigenvalue weighted by molar-refractivity contribution is -0.125. The van der Waals surface area contributed by atoms with Gasteiger partial charge in [-0.2, -0.15) is 0 Å². The first-order valence-corrected chi connectivity index (χ1v) is 7.33. The van der Waals surface area contributed by atoms with Crippen molar-refractivity contribution in [2.24, 2.45) is 0 Å². The van der Waals surface area contributed by atoms with E-state index in [0.717, 1.165) is 5.69 Å². The van der Waals surface area contributed by atoms with E-state index in [-0.39, 0.29) is 16.8 Å². The van der Waals surface area contributed by atoms with Crippen molar-refractivity contribution in [2.75, 3.05) is 24.7 Å². The maximum atomic E-state index is 12.2. The summed E-state index contributed by atoms with van der Waals surface area (Å²) in [5.74, 6) is -1.04. The van der Waals surface area contributed by atoms with Crippen LogP contribution < -0.4 is 10.2 Å². The zero-order chi connectivity index (χ0) is 14.7. The molecule has 7 heteroatoms. The van der Waals surface area contributed by atoms with Gasteiger partial charge in [-0.05, 0) is 19.9 Å². The smallest absolute Gasteiger partial charge is 0.345 e. The fourth-order valence-corrected chi connectivity index (χ4v) is 2.84. The van der Waals surface area contributed by atoms with Crippen LogP contribution in [0.2, 0.25) is 0 Å². The standard InChI is InChI=1S/C13H18N2O4S/c1-8(2)14-12(16)10-6-19-4-3-15(10)9-5-11(13(17)18)20-7-9/h5,7-8,10H,3-4,6H2,1-2H3,(H,14,16)(H,17,18). The number of anilines is 1. The molecule has 1 amide bonds. The van der Waals surface area contributed by atoms with Crippen LogP contribution in [-0.4, -0.2) is 48.8 Å². The predicted octanol–water partition coefficient (Wildman–Crippen LogP) is 1.18. The number of morpholine rings is 1. The second-order valence-corrected chi connectivity index (χ2v) is 5.83. The van der Waals surface area contributed by atoms with E-state index in [4.69, 9.17) is 9.84 Å². The highest BCUT2D eigenvalue weighted by molar-refractivity contribution is 7.12. The van der Waals surface area contributed by atoms with Gasteiger partial charge in [0.1, 0.15) is 10.9 Å². The van der Waals surface area contributed by atoms with Crippen molar-refractivity contribution in [1.82, 2.24) is 5.32 Å². The molecule has 0 aromatic carbocycles. The zero-order valence-electron chi connectivity index (χ0n) is 11.5. The maximum absolute atomic E-state index is 12.2. The number of nitrogens with zero attached hydrogens (tertiary/aromatic N) is 1. The van der Waals surface area contributed by atoms with E-state index in [1.807, 2.05) is 18.7 Å². The maximum Gasteiger partial charge on any atom is 0.345 e. The summed E-state index contributed by atoms with van der Waals surface area (Å²) in [7, 11) is 0. The summed E-state index contributed by atoms with van der Waals surface area (Å²) < 4.78 is 5.38. The number of carboxylic acid groups (broad SMARTS) is 1. The molecule has 2 N–H and O–H groups in total. The lowest BCUT2D eigenvalue weighted by atomic mass is 10.2. The number of rotatable bonds is 4. The minimum absolute atomic E-state index is 0.0586. The van der Waals surface area contributed by atoms with E-state index < -0.39 is 12.0 Å². The molecule has 0 radical (unpaired) electrons. The van der Waals surface area contributed by atoms with Gasteiger partial charge < -0.3 is 20.1 Å². The zero-order valence-corrected chi connectivity index (χ0v) is 12.3. The average Bonchev–Trinajstić information content (AvgIpc) is 2.87. The van der Waals surface area contributed by atoms with Crippen LogP contribution in [0.5, 0.6) is 0 Å². The summed E-state index contributed by atoms with van der Waals surface area (Å²) in [6, 6.07) is 1.25. The highest BCUT2D eigenvalue weighted by Gasteiger charge is 2.30. The molecule has 110 valence electrons. The monoisotopic (exact) mass is 298 g/mol. The minimum Gasteiger partial charge on any atom is -0.477 e. The summed E-state index contributed by atoms with van der Waals surface area (Å²) in [6.07, 6.45) is 0. The number of thiophene rings is 1. The van der Waals surface area contributed by atoms with E-state index in [1.165, 1.54) is 11.3 Å². The number of nitrogens with one attached hydrogen (secondary N) is 1. The van der Waals surface area contributed by atoms with E-state index >= 15 is 0 Å². The Morgan fingerprint density at radius 3 is 2.90 bits per heavy atom. The summed E-state index contributed by atoms with van der Waals surface area (Å²) in [4.78, 5) is 25.3. The van der Waals surface area contributed by atoms with Crippen LogP contribution in [0.25, 0.3) is 0 Å². The van der Waals surface area contributed by atoms with Crippen LogP contribution in [0.4, 0.5) is 5.69 Å². The third-order valence-corrected chi connectivity index (χ3v) is 3.90. The third kappa shape index (κ3) is 3.29. The Labute approximate surface area is 121 Å². The number of hydrogen-bond acceptors (Lipinski definition) is 5. The molecule has 20 heavy (non-hydrogen) atoms. The van der Waals surface area contributed by atoms with Crippen molar-refractivity contribution < 1.29 is 19.4 Å². The normalized spacial score (nSPS) is 19.1. The van der Waals surface area contributed by atoms with E-state index in [2.05, 4.69) is 5.32 Å². The Hall–Kier alpha value is -1.60. The number of carbonyl (C=O) groups is 2. The first-order chi connectivity index (χ1) is 9.49. The second-order valence-electron chi connectivity index (χ2n) is 4.92. The molecule has 1 aliphatic heterocycles.